The van der Waals surface area contributed by atoms with Gasteiger partial charge in [-0.3, -0.25) is 0 Å². The summed E-state index contributed by atoms with van der Waals surface area (Å²) in [6.45, 7) is 4.12. The van der Waals surface area contributed by atoms with Crippen molar-refractivity contribution in [2.24, 2.45) is 0 Å². The third kappa shape index (κ3) is 2.88. The number of rotatable bonds is 5. The largest absolute Gasteiger partial charge is 0.472 e. The monoisotopic (exact) mass is 182 g/mol. The minimum absolute atomic E-state index is 0.543. The molecule has 1 rings (SSSR count). The van der Waals surface area contributed by atoms with Crippen LogP contribution in [0, 0.1) is 0 Å². The molecule has 0 radical (unpaired) electrons. The summed E-state index contributed by atoms with van der Waals surface area (Å²) in [5, 5.41) is 10.2. The molecule has 0 aromatic carbocycles. The maximum absolute atomic E-state index is 10.2. The lowest BCUT2D eigenvalue weighted by Gasteiger charge is -2.25. The minimum atomic E-state index is -0.543. The Bertz CT molecular complexity index is 228. The fourth-order valence-electron chi connectivity index (χ4n) is 1.63. The summed E-state index contributed by atoms with van der Waals surface area (Å²) in [6.07, 6.45) is 6.73. The lowest BCUT2D eigenvalue weighted by atomic mass is 9.89. The molecule has 1 aromatic heterocycles. The van der Waals surface area contributed by atoms with E-state index in [4.69, 9.17) is 4.42 Å². The predicted molar refractivity (Wildman–Crippen MR) is 52.6 cm³/mol. The van der Waals surface area contributed by atoms with Gasteiger partial charge in [-0.25, -0.2) is 0 Å². The molecule has 0 saturated heterocycles. The van der Waals surface area contributed by atoms with Crippen molar-refractivity contribution in [1.82, 2.24) is 0 Å². The first-order chi connectivity index (χ1) is 6.20. The Balaban J connectivity index is 2.58. The van der Waals surface area contributed by atoms with Crippen LogP contribution >= 0.6 is 0 Å². The first kappa shape index (κ1) is 10.3. The van der Waals surface area contributed by atoms with Crippen molar-refractivity contribution in [1.29, 1.82) is 0 Å². The normalized spacial score (nSPS) is 15.6. The molecule has 0 saturated carbocycles. The Morgan fingerprint density at radius 3 is 2.69 bits per heavy atom. The average molecular weight is 182 g/mol. The molecule has 13 heavy (non-hydrogen) atoms. The van der Waals surface area contributed by atoms with Crippen LogP contribution in [0.2, 0.25) is 0 Å². The van der Waals surface area contributed by atoms with Gasteiger partial charge in [0.15, 0.2) is 0 Å². The summed E-state index contributed by atoms with van der Waals surface area (Å²) in [4.78, 5) is 0. The van der Waals surface area contributed by atoms with Crippen molar-refractivity contribution >= 4 is 0 Å². The predicted octanol–water partition coefficient (Wildman–Crippen LogP) is 2.76. The van der Waals surface area contributed by atoms with Crippen molar-refractivity contribution in [2.75, 3.05) is 0 Å². The highest BCUT2D eigenvalue weighted by atomic mass is 16.3. The molecule has 0 spiro atoms. The molecule has 0 amide bonds. The Hall–Kier alpha value is -0.760. The van der Waals surface area contributed by atoms with Crippen LogP contribution in [0.1, 0.15) is 38.7 Å². The lowest BCUT2D eigenvalue weighted by molar-refractivity contribution is 0.0269. The van der Waals surface area contributed by atoms with Crippen molar-refractivity contribution in [3.8, 4) is 0 Å². The molecule has 0 bridgehead atoms. The molecule has 2 heteroatoms. The maximum atomic E-state index is 10.2. The number of aliphatic hydroxyl groups is 1. The van der Waals surface area contributed by atoms with E-state index in [-0.39, 0.29) is 0 Å². The Morgan fingerprint density at radius 2 is 2.23 bits per heavy atom. The number of furan rings is 1. The van der Waals surface area contributed by atoms with Gasteiger partial charge in [0, 0.05) is 6.42 Å². The molecule has 1 unspecified atom stereocenters. The summed E-state index contributed by atoms with van der Waals surface area (Å²) in [6, 6.07) is 1.91. The van der Waals surface area contributed by atoms with E-state index in [0.29, 0.717) is 6.42 Å². The molecule has 74 valence electrons. The Labute approximate surface area is 79.6 Å². The van der Waals surface area contributed by atoms with Crippen LogP contribution in [-0.4, -0.2) is 10.7 Å². The van der Waals surface area contributed by atoms with Gasteiger partial charge in [-0.1, -0.05) is 20.3 Å². The zero-order valence-electron chi connectivity index (χ0n) is 8.42. The van der Waals surface area contributed by atoms with Crippen LogP contribution in [0.5, 0.6) is 0 Å². The second-order valence-corrected chi connectivity index (χ2v) is 3.64. The molecule has 0 fully saturated rings. The van der Waals surface area contributed by atoms with E-state index in [0.717, 1.165) is 24.8 Å². The van der Waals surface area contributed by atoms with E-state index >= 15 is 0 Å². The molecular weight excluding hydrogens is 164 g/mol. The Kier molecular flexibility index (Phi) is 3.55. The van der Waals surface area contributed by atoms with E-state index in [9.17, 15) is 5.11 Å². The molecule has 1 heterocycles. The molecule has 1 atom stereocenters. The van der Waals surface area contributed by atoms with Gasteiger partial charge in [0.25, 0.3) is 0 Å². The average Bonchev–Trinajstić information content (AvgIpc) is 2.57. The van der Waals surface area contributed by atoms with E-state index in [1.807, 2.05) is 13.0 Å². The van der Waals surface area contributed by atoms with E-state index in [1.54, 1.807) is 12.5 Å². The molecular formula is C11H18O2. The molecule has 0 aliphatic rings. The van der Waals surface area contributed by atoms with Crippen LogP contribution in [0.3, 0.4) is 0 Å². The fourth-order valence-corrected chi connectivity index (χ4v) is 1.63. The molecule has 2 nitrogen and oxygen atoms in total. The van der Waals surface area contributed by atoms with E-state index in [1.165, 1.54) is 0 Å². The van der Waals surface area contributed by atoms with Crippen LogP contribution in [0.25, 0.3) is 0 Å². The van der Waals surface area contributed by atoms with Crippen LogP contribution in [-0.2, 0) is 6.42 Å². The van der Waals surface area contributed by atoms with Gasteiger partial charge in [0.1, 0.15) is 0 Å². The van der Waals surface area contributed by atoms with Crippen molar-refractivity contribution in [2.45, 2.75) is 45.1 Å². The van der Waals surface area contributed by atoms with Gasteiger partial charge in [-0.05, 0) is 24.5 Å². The molecule has 0 aliphatic heterocycles. The summed E-state index contributed by atoms with van der Waals surface area (Å²) in [5.41, 5.74) is 0.538. The highest BCUT2D eigenvalue weighted by Crippen LogP contribution is 2.22. The summed E-state index contributed by atoms with van der Waals surface area (Å²) in [7, 11) is 0. The van der Waals surface area contributed by atoms with Crippen LogP contribution < -0.4 is 0 Å². The first-order valence-corrected chi connectivity index (χ1v) is 4.93. The van der Waals surface area contributed by atoms with Crippen LogP contribution in [0.4, 0.5) is 0 Å². The van der Waals surface area contributed by atoms with Crippen molar-refractivity contribution in [3.05, 3.63) is 24.2 Å². The third-order valence-corrected chi connectivity index (χ3v) is 2.49. The van der Waals surface area contributed by atoms with Gasteiger partial charge in [0.05, 0.1) is 18.1 Å². The summed E-state index contributed by atoms with van der Waals surface area (Å²) < 4.78 is 4.97. The van der Waals surface area contributed by atoms with Gasteiger partial charge >= 0.3 is 0 Å². The lowest BCUT2D eigenvalue weighted by Crippen LogP contribution is -2.30. The minimum Gasteiger partial charge on any atom is -0.472 e. The topological polar surface area (TPSA) is 33.4 Å². The number of hydrogen-bond acceptors (Lipinski definition) is 2. The third-order valence-electron chi connectivity index (χ3n) is 2.49. The number of hydrogen-bond donors (Lipinski definition) is 1. The zero-order chi connectivity index (χ0) is 9.73. The smallest absolute Gasteiger partial charge is 0.0935 e. The van der Waals surface area contributed by atoms with Gasteiger partial charge in [-0.15, -0.1) is 0 Å². The second kappa shape index (κ2) is 4.47. The van der Waals surface area contributed by atoms with Crippen molar-refractivity contribution < 1.29 is 9.52 Å². The quantitative estimate of drug-likeness (QED) is 0.759. The maximum Gasteiger partial charge on any atom is 0.0935 e. The highest BCUT2D eigenvalue weighted by Gasteiger charge is 2.23. The molecule has 0 aliphatic carbocycles. The SMILES string of the molecule is CCCC(O)(CC)Cc1ccoc1. The molecule has 1 aromatic rings. The Morgan fingerprint density at radius 1 is 1.46 bits per heavy atom. The van der Waals surface area contributed by atoms with Gasteiger partial charge < -0.3 is 9.52 Å². The second-order valence-electron chi connectivity index (χ2n) is 3.64. The summed E-state index contributed by atoms with van der Waals surface area (Å²) in [5.74, 6) is 0. The fraction of sp³-hybridized carbons (Fsp3) is 0.636. The van der Waals surface area contributed by atoms with Gasteiger partial charge in [0.2, 0.25) is 0 Å². The van der Waals surface area contributed by atoms with Crippen LogP contribution in [0.15, 0.2) is 23.0 Å². The standard InChI is InChI=1S/C11H18O2/c1-3-6-11(12,4-2)8-10-5-7-13-9-10/h5,7,9,12H,3-4,6,8H2,1-2H3. The highest BCUT2D eigenvalue weighted by molar-refractivity contribution is 5.09. The van der Waals surface area contributed by atoms with Crippen molar-refractivity contribution in [3.63, 3.8) is 0 Å². The molecule has 1 N–H and O–H groups in total. The first-order valence-electron chi connectivity index (χ1n) is 4.93. The van der Waals surface area contributed by atoms with E-state index < -0.39 is 5.60 Å². The van der Waals surface area contributed by atoms with Gasteiger partial charge in [-0.2, -0.15) is 0 Å². The summed E-state index contributed by atoms with van der Waals surface area (Å²) >= 11 is 0. The zero-order valence-corrected chi connectivity index (χ0v) is 8.42. The van der Waals surface area contributed by atoms with E-state index in [2.05, 4.69) is 6.92 Å².